The van der Waals surface area contributed by atoms with Crippen LogP contribution in [-0.4, -0.2) is 30.0 Å². The maximum atomic E-state index is 11.9. The third-order valence-electron chi connectivity index (χ3n) is 3.17. The molecule has 2 aromatic rings. The van der Waals surface area contributed by atoms with Crippen molar-refractivity contribution in [3.05, 3.63) is 63.2 Å². The van der Waals surface area contributed by atoms with E-state index in [1.807, 2.05) is 6.92 Å². The molecule has 0 atom stereocenters. The van der Waals surface area contributed by atoms with E-state index in [9.17, 15) is 19.7 Å². The molecule has 2 rings (SSSR count). The van der Waals surface area contributed by atoms with E-state index in [4.69, 9.17) is 21.1 Å². The Morgan fingerprint density at radius 1 is 1.19 bits per heavy atom. The van der Waals surface area contributed by atoms with Crippen molar-refractivity contribution >= 4 is 34.9 Å². The van der Waals surface area contributed by atoms with E-state index < -0.39 is 23.4 Å². The van der Waals surface area contributed by atoms with Crippen LogP contribution in [0.25, 0.3) is 0 Å². The Labute approximate surface area is 153 Å². The molecule has 0 aliphatic carbocycles. The van der Waals surface area contributed by atoms with Crippen molar-refractivity contribution < 1.29 is 24.0 Å². The van der Waals surface area contributed by atoms with E-state index in [1.165, 1.54) is 24.3 Å². The van der Waals surface area contributed by atoms with Crippen LogP contribution in [0.5, 0.6) is 5.75 Å². The first-order valence-corrected chi connectivity index (χ1v) is 7.92. The first-order valence-electron chi connectivity index (χ1n) is 7.54. The van der Waals surface area contributed by atoms with Gasteiger partial charge in [-0.3, -0.25) is 14.9 Å². The van der Waals surface area contributed by atoms with Gasteiger partial charge >= 0.3 is 5.97 Å². The summed E-state index contributed by atoms with van der Waals surface area (Å²) in [7, 11) is 0. The predicted octanol–water partition coefficient (Wildman–Crippen LogP) is 3.44. The number of ether oxygens (including phenoxy) is 2. The number of benzene rings is 2. The quantitative estimate of drug-likeness (QED) is 0.449. The lowest BCUT2D eigenvalue weighted by atomic mass is 10.2. The molecule has 0 heterocycles. The third kappa shape index (κ3) is 5.18. The molecule has 0 fully saturated rings. The van der Waals surface area contributed by atoms with Crippen LogP contribution in [0, 0.1) is 10.1 Å². The number of hydrogen-bond donors (Lipinski definition) is 1. The van der Waals surface area contributed by atoms with Gasteiger partial charge in [0.15, 0.2) is 6.61 Å². The van der Waals surface area contributed by atoms with Crippen molar-refractivity contribution in [1.82, 2.24) is 0 Å². The SMILES string of the molecule is CCOc1ccc(C(=O)OCC(=O)Nc2cc([N+](=O)[O-])ccc2Cl)cc1. The van der Waals surface area contributed by atoms with E-state index in [-0.39, 0.29) is 22.0 Å². The zero-order valence-corrected chi connectivity index (χ0v) is 14.5. The normalized spacial score (nSPS) is 10.1. The van der Waals surface area contributed by atoms with Crippen LogP contribution in [0.4, 0.5) is 11.4 Å². The second-order valence-corrected chi connectivity index (χ2v) is 5.41. The second kappa shape index (κ2) is 8.82. The molecular weight excluding hydrogens is 364 g/mol. The fourth-order valence-corrected chi connectivity index (χ4v) is 2.14. The Morgan fingerprint density at radius 3 is 2.50 bits per heavy atom. The van der Waals surface area contributed by atoms with Gasteiger partial charge < -0.3 is 14.8 Å². The Bertz CT molecular complexity index is 823. The van der Waals surface area contributed by atoms with Crippen molar-refractivity contribution in [2.75, 3.05) is 18.5 Å². The summed E-state index contributed by atoms with van der Waals surface area (Å²) in [6, 6.07) is 9.89. The number of esters is 1. The fourth-order valence-electron chi connectivity index (χ4n) is 1.98. The first kappa shape index (κ1) is 19.2. The average molecular weight is 379 g/mol. The highest BCUT2D eigenvalue weighted by molar-refractivity contribution is 6.33. The summed E-state index contributed by atoms with van der Waals surface area (Å²) in [5, 5.41) is 13.3. The Hall–Kier alpha value is -3.13. The number of rotatable bonds is 7. The highest BCUT2D eigenvalue weighted by atomic mass is 35.5. The smallest absolute Gasteiger partial charge is 0.338 e. The van der Waals surface area contributed by atoms with Crippen LogP contribution >= 0.6 is 11.6 Å². The minimum Gasteiger partial charge on any atom is -0.494 e. The molecule has 0 radical (unpaired) electrons. The van der Waals surface area contributed by atoms with Crippen molar-refractivity contribution in [3.8, 4) is 5.75 Å². The molecule has 0 bridgehead atoms. The van der Waals surface area contributed by atoms with Crippen LogP contribution in [0.15, 0.2) is 42.5 Å². The maximum absolute atomic E-state index is 11.9. The van der Waals surface area contributed by atoms with Gasteiger partial charge in [0.1, 0.15) is 5.75 Å². The molecule has 136 valence electrons. The molecule has 0 aromatic heterocycles. The molecule has 2 aromatic carbocycles. The van der Waals surface area contributed by atoms with Crippen molar-refractivity contribution in [3.63, 3.8) is 0 Å². The Morgan fingerprint density at radius 2 is 1.88 bits per heavy atom. The van der Waals surface area contributed by atoms with Gasteiger partial charge in [-0.2, -0.15) is 0 Å². The number of nitro benzene ring substituents is 1. The summed E-state index contributed by atoms with van der Waals surface area (Å²) in [4.78, 5) is 34.0. The van der Waals surface area contributed by atoms with E-state index in [0.717, 1.165) is 6.07 Å². The van der Waals surface area contributed by atoms with Crippen molar-refractivity contribution in [1.29, 1.82) is 0 Å². The lowest BCUT2D eigenvalue weighted by Crippen LogP contribution is -2.21. The molecule has 0 saturated carbocycles. The van der Waals surface area contributed by atoms with Gasteiger partial charge in [-0.05, 0) is 37.3 Å². The monoisotopic (exact) mass is 378 g/mol. The molecule has 0 unspecified atom stereocenters. The van der Waals surface area contributed by atoms with Crippen LogP contribution in [0.3, 0.4) is 0 Å². The zero-order valence-electron chi connectivity index (χ0n) is 13.7. The highest BCUT2D eigenvalue weighted by Crippen LogP contribution is 2.26. The molecule has 0 saturated heterocycles. The van der Waals surface area contributed by atoms with Gasteiger partial charge in [-0.1, -0.05) is 11.6 Å². The summed E-state index contributed by atoms with van der Waals surface area (Å²) in [6.45, 7) is 1.78. The van der Waals surface area contributed by atoms with Gasteiger partial charge in [0.05, 0.1) is 27.8 Å². The largest absolute Gasteiger partial charge is 0.494 e. The number of carbonyl (C=O) groups is 2. The Balaban J connectivity index is 1.93. The molecule has 0 spiro atoms. The third-order valence-corrected chi connectivity index (χ3v) is 3.50. The number of nitrogens with one attached hydrogen (secondary N) is 1. The molecule has 1 amide bonds. The second-order valence-electron chi connectivity index (χ2n) is 5.00. The van der Waals surface area contributed by atoms with Gasteiger partial charge in [0.2, 0.25) is 0 Å². The molecule has 0 aliphatic heterocycles. The number of hydrogen-bond acceptors (Lipinski definition) is 6. The molecule has 26 heavy (non-hydrogen) atoms. The first-order chi connectivity index (χ1) is 12.4. The van der Waals surface area contributed by atoms with Crippen LogP contribution in [0.2, 0.25) is 5.02 Å². The summed E-state index contributed by atoms with van der Waals surface area (Å²) in [6.07, 6.45) is 0. The standard InChI is InChI=1S/C17H15ClN2O6/c1-2-25-13-6-3-11(4-7-13)17(22)26-10-16(21)19-15-9-12(20(23)24)5-8-14(15)18/h3-9H,2,10H2,1H3,(H,19,21). The van der Waals surface area contributed by atoms with Gasteiger partial charge in [-0.15, -0.1) is 0 Å². The van der Waals surface area contributed by atoms with Crippen LogP contribution in [-0.2, 0) is 9.53 Å². The van der Waals surface area contributed by atoms with Crippen LogP contribution < -0.4 is 10.1 Å². The number of nitrogens with zero attached hydrogens (tertiary/aromatic N) is 1. The summed E-state index contributed by atoms with van der Waals surface area (Å²) >= 11 is 5.89. The molecule has 0 aliphatic rings. The van der Waals surface area contributed by atoms with E-state index in [2.05, 4.69) is 5.32 Å². The summed E-state index contributed by atoms with van der Waals surface area (Å²) in [5.74, 6) is -0.748. The van der Waals surface area contributed by atoms with E-state index in [0.29, 0.717) is 12.4 Å². The lowest BCUT2D eigenvalue weighted by Gasteiger charge is -2.08. The number of halogens is 1. The minimum atomic E-state index is -0.687. The topological polar surface area (TPSA) is 108 Å². The summed E-state index contributed by atoms with van der Waals surface area (Å²) in [5.41, 5.74) is 0.0914. The van der Waals surface area contributed by atoms with Crippen molar-refractivity contribution in [2.45, 2.75) is 6.92 Å². The number of nitro groups is 1. The van der Waals surface area contributed by atoms with Crippen LogP contribution in [0.1, 0.15) is 17.3 Å². The zero-order chi connectivity index (χ0) is 19.1. The van der Waals surface area contributed by atoms with E-state index in [1.54, 1.807) is 12.1 Å². The van der Waals surface area contributed by atoms with Gasteiger partial charge in [0.25, 0.3) is 11.6 Å². The predicted molar refractivity (Wildman–Crippen MR) is 94.6 cm³/mol. The number of amides is 1. The molecular formula is C17H15ClN2O6. The lowest BCUT2D eigenvalue weighted by molar-refractivity contribution is -0.384. The molecule has 1 N–H and O–H groups in total. The highest BCUT2D eigenvalue weighted by Gasteiger charge is 2.14. The van der Waals surface area contributed by atoms with Gasteiger partial charge in [-0.25, -0.2) is 4.79 Å². The summed E-state index contributed by atoms with van der Waals surface area (Å²) < 4.78 is 10.2. The van der Waals surface area contributed by atoms with E-state index >= 15 is 0 Å². The molecule has 8 nitrogen and oxygen atoms in total. The number of anilines is 1. The number of non-ortho nitro benzene ring substituents is 1. The fraction of sp³-hybridized carbons (Fsp3) is 0.176. The number of carbonyl (C=O) groups excluding carboxylic acids is 2. The van der Waals surface area contributed by atoms with Crippen molar-refractivity contribution in [2.24, 2.45) is 0 Å². The minimum absolute atomic E-state index is 0.0583. The maximum Gasteiger partial charge on any atom is 0.338 e. The van der Waals surface area contributed by atoms with Gasteiger partial charge in [0, 0.05) is 12.1 Å². The Kier molecular flexibility index (Phi) is 6.51. The average Bonchev–Trinajstić information content (AvgIpc) is 2.62. The molecule has 9 heteroatoms.